The molecule has 3 rings (SSSR count). The number of amides is 3. The normalized spacial score (nSPS) is 11.7. The van der Waals surface area contributed by atoms with Crippen molar-refractivity contribution in [3.63, 3.8) is 0 Å². The summed E-state index contributed by atoms with van der Waals surface area (Å²) in [6, 6.07) is 9.41. The van der Waals surface area contributed by atoms with Crippen LogP contribution in [0.3, 0.4) is 0 Å². The average molecular weight is 486 g/mol. The van der Waals surface area contributed by atoms with Crippen LogP contribution in [0, 0.1) is 6.92 Å². The lowest BCUT2D eigenvalue weighted by molar-refractivity contribution is -0.123. The van der Waals surface area contributed by atoms with Gasteiger partial charge in [0.1, 0.15) is 16.4 Å². The third kappa shape index (κ3) is 5.26. The zero-order chi connectivity index (χ0) is 24.8. The van der Waals surface area contributed by atoms with E-state index in [2.05, 4.69) is 9.69 Å². The number of primary amides is 1. The number of nitrogens with zero attached hydrogens (tertiary/aromatic N) is 2. The largest absolute Gasteiger partial charge is 0.464 e. The molecule has 2 heterocycles. The fourth-order valence-electron chi connectivity index (χ4n) is 3.36. The Morgan fingerprint density at radius 2 is 1.91 bits per heavy atom. The van der Waals surface area contributed by atoms with Crippen LogP contribution in [-0.4, -0.2) is 42.4 Å². The van der Waals surface area contributed by atoms with E-state index in [1.165, 1.54) is 12.0 Å². The van der Waals surface area contributed by atoms with Crippen LogP contribution in [0.1, 0.15) is 50.2 Å². The smallest absolute Gasteiger partial charge is 0.273 e. The molecule has 2 aromatic heterocycles. The molecule has 0 fully saturated rings. The van der Waals surface area contributed by atoms with Gasteiger partial charge in [-0.2, -0.15) is 4.37 Å². The van der Waals surface area contributed by atoms with E-state index in [1.807, 2.05) is 19.1 Å². The van der Waals surface area contributed by atoms with Crippen LogP contribution < -0.4 is 21.7 Å². The first-order valence-electron chi connectivity index (χ1n) is 10.6. The zero-order valence-corrected chi connectivity index (χ0v) is 20.0. The number of nitrogens with two attached hydrogens (primary N) is 2. The number of hydrogen-bond donors (Lipinski definition) is 3. The van der Waals surface area contributed by atoms with Crippen LogP contribution in [0.15, 0.2) is 40.8 Å². The van der Waals surface area contributed by atoms with Crippen molar-refractivity contribution in [1.82, 2.24) is 9.69 Å². The van der Waals surface area contributed by atoms with Gasteiger partial charge in [-0.15, -0.1) is 0 Å². The summed E-state index contributed by atoms with van der Waals surface area (Å²) in [4.78, 5) is 40.1. The second-order valence-corrected chi connectivity index (χ2v) is 8.24. The van der Waals surface area contributed by atoms with Crippen molar-refractivity contribution < 1.29 is 23.5 Å². The SMILES string of the molecule is CCc1ccc(N(C(=O)c2snc(C(N)=O)c2N)[C@@H](C(=O)NCCOC)c2ccc(C)o2)cc1. The summed E-state index contributed by atoms with van der Waals surface area (Å²) in [6.07, 6.45) is 0.802. The molecule has 1 aromatic carbocycles. The standard InChI is InChI=1S/C23H27N5O5S/c1-4-14-6-8-15(9-7-14)28(23(31)20-17(24)18(21(25)29)27-34-20)19(16-10-5-13(2)33-16)22(30)26-11-12-32-3/h5-10,19H,4,11-12,24H2,1-3H3,(H2,25,29)(H,26,30)/t19-/m1/s1. The number of benzene rings is 1. The first-order valence-corrected chi connectivity index (χ1v) is 11.4. The zero-order valence-electron chi connectivity index (χ0n) is 19.2. The predicted molar refractivity (Wildman–Crippen MR) is 129 cm³/mol. The van der Waals surface area contributed by atoms with Gasteiger partial charge in [-0.1, -0.05) is 19.1 Å². The van der Waals surface area contributed by atoms with Crippen molar-refractivity contribution in [2.45, 2.75) is 26.3 Å². The van der Waals surface area contributed by atoms with Gasteiger partial charge in [0, 0.05) is 19.3 Å². The van der Waals surface area contributed by atoms with E-state index in [9.17, 15) is 14.4 Å². The molecule has 3 amide bonds. The molecule has 1 atom stereocenters. The van der Waals surface area contributed by atoms with E-state index >= 15 is 0 Å². The van der Waals surface area contributed by atoms with Gasteiger partial charge in [0.15, 0.2) is 11.7 Å². The summed E-state index contributed by atoms with van der Waals surface area (Å²) in [5.74, 6) is -1.10. The lowest BCUT2D eigenvalue weighted by atomic mass is 10.1. The first-order chi connectivity index (χ1) is 16.3. The summed E-state index contributed by atoms with van der Waals surface area (Å²) in [6.45, 7) is 4.28. The second kappa shape index (κ2) is 10.9. The number of hydrogen-bond acceptors (Lipinski definition) is 8. The van der Waals surface area contributed by atoms with E-state index in [1.54, 1.807) is 31.2 Å². The van der Waals surface area contributed by atoms with Gasteiger partial charge < -0.3 is 25.9 Å². The van der Waals surface area contributed by atoms with Crippen LogP contribution in [0.2, 0.25) is 0 Å². The minimum absolute atomic E-state index is 0.00802. The number of nitrogens with one attached hydrogen (secondary N) is 1. The molecule has 0 saturated carbocycles. The molecule has 0 aliphatic carbocycles. The fourth-order valence-corrected chi connectivity index (χ4v) is 4.10. The van der Waals surface area contributed by atoms with E-state index in [4.69, 9.17) is 20.6 Å². The molecule has 0 radical (unpaired) electrons. The number of carbonyl (C=O) groups is 3. The van der Waals surface area contributed by atoms with Crippen molar-refractivity contribution in [3.8, 4) is 0 Å². The Kier molecular flexibility index (Phi) is 8.03. The topological polar surface area (TPSA) is 154 Å². The molecule has 0 aliphatic heterocycles. The number of methoxy groups -OCH3 is 1. The van der Waals surface area contributed by atoms with Crippen molar-refractivity contribution in [2.24, 2.45) is 5.73 Å². The van der Waals surface area contributed by atoms with Gasteiger partial charge in [-0.05, 0) is 54.7 Å². The lowest BCUT2D eigenvalue weighted by Gasteiger charge is -2.29. The van der Waals surface area contributed by atoms with Crippen molar-refractivity contribution in [2.75, 3.05) is 30.9 Å². The van der Waals surface area contributed by atoms with E-state index in [0.29, 0.717) is 18.1 Å². The molecular weight excluding hydrogens is 458 g/mol. The summed E-state index contributed by atoms with van der Waals surface area (Å²) < 4.78 is 14.7. The van der Waals surface area contributed by atoms with Crippen molar-refractivity contribution in [1.29, 1.82) is 0 Å². The van der Waals surface area contributed by atoms with Crippen LogP contribution >= 0.6 is 11.5 Å². The Balaban J connectivity index is 2.14. The third-order valence-corrected chi connectivity index (χ3v) is 5.99. The molecule has 3 aromatic rings. The number of furan rings is 1. The Morgan fingerprint density at radius 3 is 2.44 bits per heavy atom. The van der Waals surface area contributed by atoms with E-state index in [-0.39, 0.29) is 28.6 Å². The number of aryl methyl sites for hydroxylation is 2. The lowest BCUT2D eigenvalue weighted by Crippen LogP contribution is -2.44. The van der Waals surface area contributed by atoms with Crippen LogP contribution in [0.25, 0.3) is 0 Å². The fraction of sp³-hybridized carbons (Fsp3) is 0.304. The number of rotatable bonds is 10. The summed E-state index contributed by atoms with van der Waals surface area (Å²) >= 11 is 0.745. The number of ether oxygens (including phenoxy) is 1. The third-order valence-electron chi connectivity index (χ3n) is 5.14. The van der Waals surface area contributed by atoms with Crippen LogP contribution in [0.5, 0.6) is 0 Å². The molecule has 10 nitrogen and oxygen atoms in total. The Bertz CT molecular complexity index is 1170. The summed E-state index contributed by atoms with van der Waals surface area (Å²) in [5, 5.41) is 2.77. The predicted octanol–water partition coefficient (Wildman–Crippen LogP) is 2.44. The van der Waals surface area contributed by atoms with Crippen molar-refractivity contribution >= 4 is 40.6 Å². The van der Waals surface area contributed by atoms with Gasteiger partial charge in [-0.3, -0.25) is 19.3 Å². The van der Waals surface area contributed by atoms with Gasteiger partial charge in [0.25, 0.3) is 17.7 Å². The molecule has 5 N–H and O–H groups in total. The van der Waals surface area contributed by atoms with Crippen LogP contribution in [0.4, 0.5) is 11.4 Å². The number of nitrogen functional groups attached to an aromatic ring is 1. The average Bonchev–Trinajstić information content (AvgIpc) is 3.42. The maximum Gasteiger partial charge on any atom is 0.273 e. The van der Waals surface area contributed by atoms with E-state index < -0.39 is 23.8 Å². The minimum atomic E-state index is -1.16. The quantitative estimate of drug-likeness (QED) is 0.373. The maximum atomic E-state index is 13.8. The Labute approximate surface area is 201 Å². The molecule has 0 bridgehead atoms. The van der Waals surface area contributed by atoms with Gasteiger partial charge >= 0.3 is 0 Å². The Hall–Kier alpha value is -3.70. The highest BCUT2D eigenvalue weighted by Crippen LogP contribution is 2.34. The molecule has 0 aliphatic rings. The number of aromatic nitrogens is 1. The molecule has 11 heteroatoms. The van der Waals surface area contributed by atoms with Gasteiger partial charge in [0.2, 0.25) is 0 Å². The summed E-state index contributed by atoms with van der Waals surface area (Å²) in [5.41, 5.74) is 12.5. The monoisotopic (exact) mass is 485 g/mol. The van der Waals surface area contributed by atoms with Gasteiger partial charge in [-0.25, -0.2) is 0 Å². The minimum Gasteiger partial charge on any atom is -0.464 e. The highest BCUT2D eigenvalue weighted by atomic mass is 32.1. The maximum absolute atomic E-state index is 13.8. The molecular formula is C23H27N5O5S. The highest BCUT2D eigenvalue weighted by Gasteiger charge is 2.37. The Morgan fingerprint density at radius 1 is 1.21 bits per heavy atom. The molecule has 180 valence electrons. The number of carbonyl (C=O) groups excluding carboxylic acids is 3. The molecule has 0 saturated heterocycles. The molecule has 0 spiro atoms. The highest BCUT2D eigenvalue weighted by molar-refractivity contribution is 7.09. The molecule has 34 heavy (non-hydrogen) atoms. The van der Waals surface area contributed by atoms with Gasteiger partial charge in [0.05, 0.1) is 12.3 Å². The number of anilines is 2. The summed E-state index contributed by atoms with van der Waals surface area (Å²) in [7, 11) is 1.52. The second-order valence-electron chi connectivity index (χ2n) is 7.47. The van der Waals surface area contributed by atoms with E-state index in [0.717, 1.165) is 23.5 Å². The first kappa shape index (κ1) is 24.9. The van der Waals surface area contributed by atoms with Crippen LogP contribution in [-0.2, 0) is 16.0 Å². The van der Waals surface area contributed by atoms with Crippen molar-refractivity contribution in [3.05, 3.63) is 64.1 Å². The molecule has 0 unspecified atom stereocenters.